The molecule has 1 N–H and O–H groups in total. The Labute approximate surface area is 113 Å². The Kier molecular flexibility index (Phi) is 5.68. The summed E-state index contributed by atoms with van der Waals surface area (Å²) in [5, 5.41) is 4.91. The Bertz CT molecular complexity index is 345. The highest BCUT2D eigenvalue weighted by atomic mass is 32.1. The molecule has 2 heterocycles. The molecule has 1 saturated heterocycles. The number of rotatable bonds is 6. The minimum atomic E-state index is 0.0722. The van der Waals surface area contributed by atoms with E-state index in [1.165, 1.54) is 56.7 Å². The Morgan fingerprint density at radius 2 is 2.11 bits per heavy atom. The van der Waals surface area contributed by atoms with Gasteiger partial charge in [0.25, 0.3) is 5.91 Å². The predicted octanol–water partition coefficient (Wildman–Crippen LogP) is 2.74. The summed E-state index contributed by atoms with van der Waals surface area (Å²) in [5.41, 5.74) is 0. The molecular weight excluding hydrogens is 244 g/mol. The Morgan fingerprint density at radius 3 is 2.83 bits per heavy atom. The fraction of sp³-hybridized carbons (Fsp3) is 0.643. The average Bonchev–Trinajstić information content (AvgIpc) is 2.93. The van der Waals surface area contributed by atoms with Crippen LogP contribution in [0.5, 0.6) is 0 Å². The minimum Gasteiger partial charge on any atom is -0.351 e. The molecule has 0 aromatic carbocycles. The van der Waals surface area contributed by atoms with Crippen LogP contribution in [0.15, 0.2) is 17.5 Å². The molecule has 100 valence electrons. The van der Waals surface area contributed by atoms with E-state index < -0.39 is 0 Å². The van der Waals surface area contributed by atoms with Crippen LogP contribution in [0.2, 0.25) is 0 Å². The fourth-order valence-electron chi connectivity index (χ4n) is 2.34. The molecule has 1 aromatic rings. The summed E-state index contributed by atoms with van der Waals surface area (Å²) < 4.78 is 0. The zero-order valence-electron chi connectivity index (χ0n) is 10.9. The summed E-state index contributed by atoms with van der Waals surface area (Å²) in [4.78, 5) is 15.0. The van der Waals surface area contributed by atoms with Crippen molar-refractivity contribution in [2.24, 2.45) is 0 Å². The maximum atomic E-state index is 11.7. The lowest BCUT2D eigenvalue weighted by Crippen LogP contribution is -2.31. The first-order valence-electron chi connectivity index (χ1n) is 6.90. The van der Waals surface area contributed by atoms with Gasteiger partial charge in [0.15, 0.2) is 0 Å². The lowest BCUT2D eigenvalue weighted by Gasteiger charge is -2.26. The van der Waals surface area contributed by atoms with Crippen molar-refractivity contribution in [3.8, 4) is 0 Å². The van der Waals surface area contributed by atoms with E-state index in [0.29, 0.717) is 0 Å². The maximum Gasteiger partial charge on any atom is 0.261 e. The number of piperidine rings is 1. The third kappa shape index (κ3) is 4.42. The Balaban J connectivity index is 1.52. The number of nitrogens with one attached hydrogen (secondary N) is 1. The normalized spacial score (nSPS) is 16.7. The van der Waals surface area contributed by atoms with Gasteiger partial charge in [0, 0.05) is 6.54 Å². The lowest BCUT2D eigenvalue weighted by atomic mass is 10.1. The zero-order chi connectivity index (χ0) is 12.6. The quantitative estimate of drug-likeness (QED) is 0.803. The van der Waals surface area contributed by atoms with Crippen molar-refractivity contribution in [3.63, 3.8) is 0 Å². The van der Waals surface area contributed by atoms with E-state index in [2.05, 4.69) is 10.2 Å². The van der Waals surface area contributed by atoms with Crippen LogP contribution >= 0.6 is 11.3 Å². The maximum absolute atomic E-state index is 11.7. The molecule has 2 rings (SSSR count). The van der Waals surface area contributed by atoms with Gasteiger partial charge in [-0.3, -0.25) is 4.79 Å². The number of likely N-dealkylation sites (tertiary alicyclic amines) is 1. The molecule has 0 atom stereocenters. The topological polar surface area (TPSA) is 32.3 Å². The van der Waals surface area contributed by atoms with Gasteiger partial charge in [0.1, 0.15) is 0 Å². The second-order valence-corrected chi connectivity index (χ2v) is 5.79. The first-order valence-corrected chi connectivity index (χ1v) is 7.78. The Hall–Kier alpha value is -0.870. The van der Waals surface area contributed by atoms with E-state index in [9.17, 15) is 4.79 Å². The molecule has 0 bridgehead atoms. The highest BCUT2D eigenvalue weighted by molar-refractivity contribution is 7.12. The molecule has 1 aliphatic rings. The first kappa shape index (κ1) is 13.6. The number of nitrogens with zero attached hydrogens (tertiary/aromatic N) is 1. The summed E-state index contributed by atoms with van der Waals surface area (Å²) >= 11 is 1.50. The molecule has 0 unspecified atom stereocenters. The van der Waals surface area contributed by atoms with Gasteiger partial charge in [-0.1, -0.05) is 12.5 Å². The number of unbranched alkanes of at least 4 members (excludes halogenated alkanes) is 1. The summed E-state index contributed by atoms with van der Waals surface area (Å²) in [7, 11) is 0. The fourth-order valence-corrected chi connectivity index (χ4v) is 2.98. The summed E-state index contributed by atoms with van der Waals surface area (Å²) in [6.45, 7) is 4.52. The van der Waals surface area contributed by atoms with Crippen LogP contribution in [0.25, 0.3) is 0 Å². The van der Waals surface area contributed by atoms with Gasteiger partial charge < -0.3 is 10.2 Å². The molecule has 0 spiro atoms. The average molecular weight is 266 g/mol. The third-order valence-electron chi connectivity index (χ3n) is 3.38. The van der Waals surface area contributed by atoms with Crippen LogP contribution in [0, 0.1) is 0 Å². The molecule has 1 fully saturated rings. The molecule has 1 aliphatic heterocycles. The van der Waals surface area contributed by atoms with Gasteiger partial charge in [-0.15, -0.1) is 11.3 Å². The van der Waals surface area contributed by atoms with Crippen molar-refractivity contribution >= 4 is 17.2 Å². The lowest BCUT2D eigenvalue weighted by molar-refractivity contribution is 0.0956. The van der Waals surface area contributed by atoms with Crippen molar-refractivity contribution in [2.45, 2.75) is 32.1 Å². The SMILES string of the molecule is O=C(NCCCCN1CCCCC1)c1cccs1. The first-order chi connectivity index (χ1) is 8.86. The van der Waals surface area contributed by atoms with E-state index in [0.717, 1.165) is 17.8 Å². The number of carbonyl (C=O) groups excluding carboxylic acids is 1. The molecule has 4 heteroatoms. The van der Waals surface area contributed by atoms with E-state index in [1.54, 1.807) is 0 Å². The van der Waals surface area contributed by atoms with Gasteiger partial charge >= 0.3 is 0 Å². The number of carbonyl (C=O) groups is 1. The molecule has 3 nitrogen and oxygen atoms in total. The zero-order valence-corrected chi connectivity index (χ0v) is 11.7. The van der Waals surface area contributed by atoms with Gasteiger partial charge in [-0.25, -0.2) is 0 Å². The van der Waals surface area contributed by atoms with Gasteiger partial charge in [-0.05, 0) is 56.8 Å². The van der Waals surface area contributed by atoms with Crippen molar-refractivity contribution in [1.29, 1.82) is 0 Å². The molecule has 0 aliphatic carbocycles. The highest BCUT2D eigenvalue weighted by Gasteiger charge is 2.09. The highest BCUT2D eigenvalue weighted by Crippen LogP contribution is 2.09. The molecule has 18 heavy (non-hydrogen) atoms. The summed E-state index contributed by atoms with van der Waals surface area (Å²) in [6.07, 6.45) is 6.37. The van der Waals surface area contributed by atoms with Crippen molar-refractivity contribution in [2.75, 3.05) is 26.2 Å². The van der Waals surface area contributed by atoms with Crippen LogP contribution in [-0.2, 0) is 0 Å². The van der Waals surface area contributed by atoms with Crippen LogP contribution in [0.4, 0.5) is 0 Å². The van der Waals surface area contributed by atoms with Crippen LogP contribution in [-0.4, -0.2) is 37.0 Å². The molecule has 1 amide bonds. The van der Waals surface area contributed by atoms with Crippen molar-refractivity contribution in [3.05, 3.63) is 22.4 Å². The van der Waals surface area contributed by atoms with E-state index >= 15 is 0 Å². The predicted molar refractivity (Wildman–Crippen MR) is 76.2 cm³/mol. The molecule has 0 saturated carbocycles. The standard InChI is InChI=1S/C14H22N2OS/c17-14(13-7-6-12-18-13)15-8-2-5-11-16-9-3-1-4-10-16/h6-7,12H,1-5,8-11H2,(H,15,17). The van der Waals surface area contributed by atoms with E-state index in [4.69, 9.17) is 0 Å². The minimum absolute atomic E-state index is 0.0722. The largest absolute Gasteiger partial charge is 0.351 e. The smallest absolute Gasteiger partial charge is 0.261 e. The van der Waals surface area contributed by atoms with Gasteiger partial charge in [0.05, 0.1) is 4.88 Å². The van der Waals surface area contributed by atoms with E-state index in [1.807, 2.05) is 17.5 Å². The molecule has 0 radical (unpaired) electrons. The number of hydrogen-bond acceptors (Lipinski definition) is 3. The van der Waals surface area contributed by atoms with Crippen molar-refractivity contribution in [1.82, 2.24) is 10.2 Å². The Morgan fingerprint density at radius 1 is 1.28 bits per heavy atom. The van der Waals surface area contributed by atoms with Crippen LogP contribution < -0.4 is 5.32 Å². The van der Waals surface area contributed by atoms with Gasteiger partial charge in [-0.2, -0.15) is 0 Å². The third-order valence-corrected chi connectivity index (χ3v) is 4.25. The monoisotopic (exact) mass is 266 g/mol. The summed E-state index contributed by atoms with van der Waals surface area (Å²) in [6, 6.07) is 3.78. The number of amides is 1. The molecule has 1 aromatic heterocycles. The van der Waals surface area contributed by atoms with Gasteiger partial charge in [0.2, 0.25) is 0 Å². The molecular formula is C14H22N2OS. The summed E-state index contributed by atoms with van der Waals surface area (Å²) in [5.74, 6) is 0.0722. The number of thiophene rings is 1. The number of hydrogen-bond donors (Lipinski definition) is 1. The van der Waals surface area contributed by atoms with E-state index in [-0.39, 0.29) is 5.91 Å². The second kappa shape index (κ2) is 7.54. The van der Waals surface area contributed by atoms with Crippen LogP contribution in [0.1, 0.15) is 41.8 Å². The second-order valence-electron chi connectivity index (χ2n) is 4.84. The van der Waals surface area contributed by atoms with Crippen molar-refractivity contribution < 1.29 is 4.79 Å². The van der Waals surface area contributed by atoms with Crippen LogP contribution in [0.3, 0.4) is 0 Å².